The Morgan fingerprint density at radius 2 is 1.82 bits per heavy atom. The lowest BCUT2D eigenvalue weighted by Gasteiger charge is -2.29. The van der Waals surface area contributed by atoms with Crippen molar-refractivity contribution in [2.75, 3.05) is 19.7 Å². The summed E-state index contributed by atoms with van der Waals surface area (Å²) in [7, 11) is 0. The van der Waals surface area contributed by atoms with Crippen molar-refractivity contribution >= 4 is 29.7 Å². The molecule has 1 aliphatic rings. The second-order valence-corrected chi connectivity index (χ2v) is 8.52. The number of carbonyl (C=O) groups is 4. The average Bonchev–Trinajstić information content (AvgIpc) is 3.23. The number of carboxylic acids is 1. The Balaban J connectivity index is 2.74. The SMILES string of the molecule is CC(C)CC(NC(=O)C1CCCN1C(=O)C(CO)NC(=O)C(N)CCCN=C(N)N)C(=O)O. The maximum Gasteiger partial charge on any atom is 0.326 e. The molecule has 1 rings (SSSR count). The molecule has 1 aliphatic heterocycles. The number of aliphatic carboxylic acids is 1. The van der Waals surface area contributed by atoms with Gasteiger partial charge in [-0.15, -0.1) is 0 Å². The van der Waals surface area contributed by atoms with E-state index in [1.807, 2.05) is 13.8 Å². The number of hydrogen-bond donors (Lipinski definition) is 7. The van der Waals surface area contributed by atoms with Gasteiger partial charge in [0.1, 0.15) is 18.1 Å². The van der Waals surface area contributed by atoms with Gasteiger partial charge >= 0.3 is 5.97 Å². The lowest BCUT2D eigenvalue weighted by atomic mass is 10.0. The molecule has 0 bridgehead atoms. The predicted molar refractivity (Wildman–Crippen MR) is 121 cm³/mol. The Morgan fingerprint density at radius 1 is 1.15 bits per heavy atom. The number of rotatable bonds is 13. The van der Waals surface area contributed by atoms with Gasteiger partial charge in [-0.05, 0) is 38.0 Å². The number of carboxylic acid groups (broad SMARTS) is 1. The van der Waals surface area contributed by atoms with Gasteiger partial charge < -0.3 is 42.9 Å². The minimum absolute atomic E-state index is 0.0466. The van der Waals surface area contributed by atoms with E-state index in [1.54, 1.807) is 0 Å². The molecule has 4 atom stereocenters. The van der Waals surface area contributed by atoms with Crippen molar-refractivity contribution in [2.45, 2.75) is 70.1 Å². The fourth-order valence-electron chi connectivity index (χ4n) is 3.58. The summed E-state index contributed by atoms with van der Waals surface area (Å²) in [5.41, 5.74) is 16.3. The highest BCUT2D eigenvalue weighted by atomic mass is 16.4. The number of amides is 3. The van der Waals surface area contributed by atoms with Crippen molar-refractivity contribution in [3.8, 4) is 0 Å². The lowest BCUT2D eigenvalue weighted by molar-refractivity contribution is -0.145. The molecule has 188 valence electrons. The Hall–Kier alpha value is -2.93. The molecule has 33 heavy (non-hydrogen) atoms. The minimum atomic E-state index is -1.28. The zero-order valence-corrected chi connectivity index (χ0v) is 19.2. The van der Waals surface area contributed by atoms with Crippen molar-refractivity contribution in [2.24, 2.45) is 28.1 Å². The zero-order valence-electron chi connectivity index (χ0n) is 19.2. The molecule has 0 saturated carbocycles. The second kappa shape index (κ2) is 13.6. The van der Waals surface area contributed by atoms with Gasteiger partial charge in [0.05, 0.1) is 12.6 Å². The highest BCUT2D eigenvalue weighted by Crippen LogP contribution is 2.19. The summed E-state index contributed by atoms with van der Waals surface area (Å²) in [6, 6.07) is -4.17. The molecule has 10 N–H and O–H groups in total. The van der Waals surface area contributed by atoms with Crippen molar-refractivity contribution in [1.82, 2.24) is 15.5 Å². The molecule has 0 spiro atoms. The summed E-state index contributed by atoms with van der Waals surface area (Å²) >= 11 is 0. The highest BCUT2D eigenvalue weighted by Gasteiger charge is 2.39. The van der Waals surface area contributed by atoms with E-state index in [2.05, 4.69) is 15.6 Å². The third kappa shape index (κ3) is 9.22. The summed E-state index contributed by atoms with van der Waals surface area (Å²) in [5.74, 6) is -3.01. The van der Waals surface area contributed by atoms with Crippen molar-refractivity contribution in [3.63, 3.8) is 0 Å². The predicted octanol–water partition coefficient (Wildman–Crippen LogP) is -2.55. The molecule has 13 nitrogen and oxygen atoms in total. The van der Waals surface area contributed by atoms with Crippen LogP contribution in [0, 0.1) is 5.92 Å². The van der Waals surface area contributed by atoms with E-state index in [0.717, 1.165) is 0 Å². The minimum Gasteiger partial charge on any atom is -0.480 e. The van der Waals surface area contributed by atoms with Gasteiger partial charge in [0.25, 0.3) is 0 Å². The number of nitrogens with zero attached hydrogens (tertiary/aromatic N) is 2. The fraction of sp³-hybridized carbons (Fsp3) is 0.750. The Kier molecular flexibility index (Phi) is 11.6. The normalized spacial score (nSPS) is 18.3. The molecule has 0 radical (unpaired) electrons. The van der Waals surface area contributed by atoms with Crippen molar-refractivity contribution in [1.29, 1.82) is 0 Å². The summed E-state index contributed by atoms with van der Waals surface area (Å²) < 4.78 is 0. The quantitative estimate of drug-likeness (QED) is 0.0850. The first-order valence-electron chi connectivity index (χ1n) is 11.0. The van der Waals surface area contributed by atoms with Gasteiger partial charge in [0, 0.05) is 13.1 Å². The number of likely N-dealkylation sites (tertiary alicyclic amines) is 1. The first-order valence-corrected chi connectivity index (χ1v) is 11.0. The molecule has 0 aromatic carbocycles. The molecular weight excluding hydrogens is 434 g/mol. The van der Waals surface area contributed by atoms with Crippen LogP contribution in [-0.4, -0.2) is 88.6 Å². The van der Waals surface area contributed by atoms with Crippen LogP contribution >= 0.6 is 0 Å². The molecule has 3 amide bonds. The van der Waals surface area contributed by atoms with Gasteiger partial charge in [0.2, 0.25) is 17.7 Å². The molecule has 4 unspecified atom stereocenters. The number of hydrogen-bond acceptors (Lipinski definition) is 7. The van der Waals surface area contributed by atoms with Crippen LogP contribution in [0.2, 0.25) is 0 Å². The lowest BCUT2D eigenvalue weighted by Crippen LogP contribution is -2.57. The number of aliphatic hydroxyl groups excluding tert-OH is 1. The van der Waals surface area contributed by atoms with E-state index >= 15 is 0 Å². The summed E-state index contributed by atoms with van der Waals surface area (Å²) in [6.07, 6.45) is 1.83. The topological polar surface area (TPSA) is 226 Å². The zero-order chi connectivity index (χ0) is 25.1. The number of carbonyl (C=O) groups excluding carboxylic acids is 3. The Bertz CT molecular complexity index is 726. The van der Waals surface area contributed by atoms with E-state index in [4.69, 9.17) is 17.2 Å². The maximum absolute atomic E-state index is 13.0. The number of aliphatic imine (C=N–C) groups is 1. The summed E-state index contributed by atoms with van der Waals surface area (Å²) in [6.45, 7) is 3.54. The van der Waals surface area contributed by atoms with Crippen molar-refractivity contribution in [3.05, 3.63) is 0 Å². The highest BCUT2D eigenvalue weighted by molar-refractivity contribution is 5.94. The Labute approximate surface area is 193 Å². The van der Waals surface area contributed by atoms with Gasteiger partial charge in [0.15, 0.2) is 5.96 Å². The van der Waals surface area contributed by atoms with Crippen LogP contribution in [0.3, 0.4) is 0 Å². The molecular formula is C20H37N7O6. The molecule has 0 aromatic heterocycles. The molecule has 0 aliphatic carbocycles. The smallest absolute Gasteiger partial charge is 0.326 e. The summed E-state index contributed by atoms with van der Waals surface area (Å²) in [4.78, 5) is 54.5. The number of guanidine groups is 1. The number of aliphatic hydroxyl groups is 1. The van der Waals surface area contributed by atoms with E-state index in [-0.39, 0.29) is 31.3 Å². The van der Waals surface area contributed by atoms with Gasteiger partial charge in [-0.25, -0.2) is 4.79 Å². The average molecular weight is 472 g/mol. The van der Waals surface area contributed by atoms with Gasteiger partial charge in [-0.2, -0.15) is 0 Å². The van der Waals surface area contributed by atoms with Gasteiger partial charge in [-0.3, -0.25) is 19.4 Å². The van der Waals surface area contributed by atoms with Crippen LogP contribution in [-0.2, 0) is 19.2 Å². The first-order chi connectivity index (χ1) is 15.5. The summed E-state index contributed by atoms with van der Waals surface area (Å²) in [5, 5.41) is 24.0. The van der Waals surface area contributed by atoms with Crippen molar-refractivity contribution < 1.29 is 29.4 Å². The van der Waals surface area contributed by atoms with Crippen LogP contribution < -0.4 is 27.8 Å². The second-order valence-electron chi connectivity index (χ2n) is 8.52. The molecule has 1 fully saturated rings. The Morgan fingerprint density at radius 3 is 2.36 bits per heavy atom. The molecule has 0 aromatic rings. The van der Waals surface area contributed by atoms with Crippen LogP contribution in [0.5, 0.6) is 0 Å². The largest absolute Gasteiger partial charge is 0.480 e. The molecule has 13 heteroatoms. The van der Waals surface area contributed by atoms with Crippen LogP contribution in [0.1, 0.15) is 46.0 Å². The van der Waals surface area contributed by atoms with E-state index < -0.39 is 54.5 Å². The fourth-order valence-corrected chi connectivity index (χ4v) is 3.58. The number of nitrogens with one attached hydrogen (secondary N) is 2. The molecule has 1 saturated heterocycles. The van der Waals surface area contributed by atoms with Crippen LogP contribution in [0.15, 0.2) is 4.99 Å². The standard InChI is InChI=1S/C20H37N7O6/c1-11(2)9-13(19(32)33)25-17(30)15-6-4-8-27(15)18(31)14(10-28)26-16(29)12(21)5-3-7-24-20(22)23/h11-15,28H,3-10,21H2,1-2H3,(H,25,30)(H,26,29)(H,32,33)(H4,22,23,24). The van der Waals surface area contributed by atoms with E-state index in [9.17, 15) is 29.4 Å². The number of nitrogens with two attached hydrogens (primary N) is 3. The third-order valence-electron chi connectivity index (χ3n) is 5.26. The van der Waals surface area contributed by atoms with Crippen LogP contribution in [0.4, 0.5) is 0 Å². The molecule has 1 heterocycles. The third-order valence-corrected chi connectivity index (χ3v) is 5.26. The maximum atomic E-state index is 13.0. The monoisotopic (exact) mass is 471 g/mol. The first kappa shape index (κ1) is 28.1. The van der Waals surface area contributed by atoms with E-state index in [0.29, 0.717) is 25.8 Å². The van der Waals surface area contributed by atoms with Gasteiger partial charge in [-0.1, -0.05) is 13.8 Å². The van der Waals surface area contributed by atoms with E-state index in [1.165, 1.54) is 4.90 Å². The van der Waals surface area contributed by atoms with Crippen LogP contribution in [0.25, 0.3) is 0 Å².